The quantitative estimate of drug-likeness (QED) is 0.831. The number of ether oxygens (including phenoxy) is 1. The van der Waals surface area contributed by atoms with Crippen molar-refractivity contribution in [2.45, 2.75) is 58.6 Å². The van der Waals surface area contributed by atoms with Gasteiger partial charge in [-0.25, -0.2) is 0 Å². The van der Waals surface area contributed by atoms with Gasteiger partial charge in [0, 0.05) is 22.5 Å². The molecule has 1 aromatic rings. The summed E-state index contributed by atoms with van der Waals surface area (Å²) < 4.78 is 7.53. The van der Waals surface area contributed by atoms with Gasteiger partial charge >= 0.3 is 0 Å². The summed E-state index contributed by atoms with van der Waals surface area (Å²) in [4.78, 5) is 0. The van der Waals surface area contributed by atoms with Crippen LogP contribution in [0.5, 0.6) is 5.75 Å². The molecule has 20 heavy (non-hydrogen) atoms. The first kappa shape index (κ1) is 15.8. The standard InChI is InChI=1S/C17H26BrNO/c1-11(2)8-17(9-12(3)4)10-15(19)14-6-5-13(18)7-16(14)20-17/h5-7,11-12,15H,8-10,19H2,1-4H3. The predicted octanol–water partition coefficient (Wildman–Crippen LogP) is 5.06. The van der Waals surface area contributed by atoms with Crippen molar-refractivity contribution in [1.82, 2.24) is 0 Å². The predicted molar refractivity (Wildman–Crippen MR) is 88.0 cm³/mol. The Morgan fingerprint density at radius 1 is 1.25 bits per heavy atom. The lowest BCUT2D eigenvalue weighted by molar-refractivity contribution is -0.00166. The van der Waals surface area contributed by atoms with Crippen LogP contribution >= 0.6 is 15.9 Å². The van der Waals surface area contributed by atoms with Gasteiger partial charge in [0.25, 0.3) is 0 Å². The van der Waals surface area contributed by atoms with E-state index in [1.54, 1.807) is 0 Å². The molecule has 0 aromatic heterocycles. The summed E-state index contributed by atoms with van der Waals surface area (Å²) in [7, 11) is 0. The maximum Gasteiger partial charge on any atom is 0.126 e. The van der Waals surface area contributed by atoms with Gasteiger partial charge in [0.2, 0.25) is 0 Å². The first-order valence-corrected chi connectivity index (χ1v) is 8.35. The minimum absolute atomic E-state index is 0.0735. The third kappa shape index (κ3) is 3.56. The fourth-order valence-electron chi connectivity index (χ4n) is 3.51. The van der Waals surface area contributed by atoms with Gasteiger partial charge in [-0.3, -0.25) is 0 Å². The lowest BCUT2D eigenvalue weighted by Gasteiger charge is -2.43. The summed E-state index contributed by atoms with van der Waals surface area (Å²) in [6.07, 6.45) is 3.04. The maximum absolute atomic E-state index is 6.48. The Hall–Kier alpha value is -0.540. The molecule has 1 heterocycles. The lowest BCUT2D eigenvalue weighted by atomic mass is 9.77. The molecule has 1 aliphatic heterocycles. The van der Waals surface area contributed by atoms with Crippen molar-refractivity contribution in [3.05, 3.63) is 28.2 Å². The molecule has 1 unspecified atom stereocenters. The zero-order valence-electron chi connectivity index (χ0n) is 12.9. The van der Waals surface area contributed by atoms with Crippen LogP contribution in [0.4, 0.5) is 0 Å². The Kier molecular flexibility index (Phi) is 4.80. The summed E-state index contributed by atoms with van der Waals surface area (Å²) >= 11 is 3.53. The maximum atomic E-state index is 6.48. The molecule has 112 valence electrons. The Morgan fingerprint density at radius 3 is 2.40 bits per heavy atom. The van der Waals surface area contributed by atoms with Crippen molar-refractivity contribution in [3.8, 4) is 5.75 Å². The number of rotatable bonds is 4. The zero-order chi connectivity index (χ0) is 14.9. The van der Waals surface area contributed by atoms with Gasteiger partial charge in [0.1, 0.15) is 11.4 Å². The van der Waals surface area contributed by atoms with Gasteiger partial charge < -0.3 is 10.5 Å². The fraction of sp³-hybridized carbons (Fsp3) is 0.647. The van der Waals surface area contributed by atoms with Gasteiger partial charge in [0.15, 0.2) is 0 Å². The summed E-state index contributed by atoms with van der Waals surface area (Å²) in [6.45, 7) is 9.03. The number of hydrogen-bond donors (Lipinski definition) is 1. The first-order valence-electron chi connectivity index (χ1n) is 7.55. The number of halogens is 1. The second-order valence-corrected chi connectivity index (χ2v) is 7.89. The van der Waals surface area contributed by atoms with Crippen LogP contribution in [0.15, 0.2) is 22.7 Å². The lowest BCUT2D eigenvalue weighted by Crippen LogP contribution is -2.45. The molecule has 0 fully saturated rings. The molecule has 0 spiro atoms. The van der Waals surface area contributed by atoms with Gasteiger partial charge in [-0.15, -0.1) is 0 Å². The summed E-state index contributed by atoms with van der Waals surface area (Å²) in [5.74, 6) is 2.17. The molecule has 3 heteroatoms. The largest absolute Gasteiger partial charge is 0.487 e. The van der Waals surface area contributed by atoms with Crippen LogP contribution < -0.4 is 10.5 Å². The number of benzene rings is 1. The second-order valence-electron chi connectivity index (χ2n) is 6.97. The molecule has 1 atom stereocenters. The Balaban J connectivity index is 2.36. The molecule has 1 aromatic carbocycles. The number of hydrogen-bond acceptors (Lipinski definition) is 2. The van der Waals surface area contributed by atoms with E-state index in [1.165, 1.54) is 0 Å². The number of nitrogens with two attached hydrogens (primary N) is 1. The van der Waals surface area contributed by atoms with Crippen LogP contribution in [-0.2, 0) is 0 Å². The van der Waals surface area contributed by atoms with Crippen molar-refractivity contribution < 1.29 is 4.74 Å². The molecule has 2 N–H and O–H groups in total. The third-order valence-corrected chi connectivity index (χ3v) is 4.35. The molecular weight excluding hydrogens is 314 g/mol. The normalized spacial score (nSPS) is 20.9. The van der Waals surface area contributed by atoms with E-state index >= 15 is 0 Å². The fourth-order valence-corrected chi connectivity index (χ4v) is 3.85. The monoisotopic (exact) mass is 339 g/mol. The van der Waals surface area contributed by atoms with Gasteiger partial charge in [-0.2, -0.15) is 0 Å². The minimum atomic E-state index is -0.116. The van der Waals surface area contributed by atoms with Gasteiger partial charge in [-0.1, -0.05) is 49.7 Å². The minimum Gasteiger partial charge on any atom is -0.487 e. The van der Waals surface area contributed by atoms with E-state index in [2.05, 4.69) is 55.8 Å². The highest BCUT2D eigenvalue weighted by molar-refractivity contribution is 9.10. The van der Waals surface area contributed by atoms with Crippen LogP contribution in [0.25, 0.3) is 0 Å². The molecular formula is C17H26BrNO. The number of fused-ring (bicyclic) bond motifs is 1. The van der Waals surface area contributed by atoms with Crippen molar-refractivity contribution in [3.63, 3.8) is 0 Å². The molecule has 0 saturated heterocycles. The molecule has 2 nitrogen and oxygen atoms in total. The smallest absolute Gasteiger partial charge is 0.126 e. The molecule has 0 amide bonds. The van der Waals surface area contributed by atoms with Crippen LogP contribution in [-0.4, -0.2) is 5.60 Å². The van der Waals surface area contributed by atoms with E-state index in [0.717, 1.165) is 35.0 Å². The van der Waals surface area contributed by atoms with E-state index in [0.29, 0.717) is 11.8 Å². The van der Waals surface area contributed by atoms with Gasteiger partial charge in [0.05, 0.1) is 0 Å². The molecule has 0 aliphatic carbocycles. The van der Waals surface area contributed by atoms with Crippen LogP contribution in [0.1, 0.15) is 58.6 Å². The summed E-state index contributed by atoms with van der Waals surface area (Å²) in [6, 6.07) is 6.26. The van der Waals surface area contributed by atoms with E-state index < -0.39 is 0 Å². The molecule has 0 radical (unpaired) electrons. The molecule has 2 rings (SSSR count). The van der Waals surface area contributed by atoms with Crippen molar-refractivity contribution in [2.75, 3.05) is 0 Å². The Labute approximate surface area is 131 Å². The third-order valence-electron chi connectivity index (χ3n) is 3.85. The van der Waals surface area contributed by atoms with Crippen LogP contribution in [0.3, 0.4) is 0 Å². The van der Waals surface area contributed by atoms with E-state index in [1.807, 2.05) is 6.07 Å². The molecule has 0 bridgehead atoms. The van der Waals surface area contributed by atoms with Gasteiger partial charge in [-0.05, 0) is 36.8 Å². The Morgan fingerprint density at radius 2 is 1.85 bits per heavy atom. The Bertz CT molecular complexity index is 460. The van der Waals surface area contributed by atoms with Crippen molar-refractivity contribution in [1.29, 1.82) is 0 Å². The second kappa shape index (κ2) is 6.07. The highest BCUT2D eigenvalue weighted by Gasteiger charge is 2.40. The van der Waals surface area contributed by atoms with Crippen LogP contribution in [0, 0.1) is 11.8 Å². The first-order chi connectivity index (χ1) is 9.31. The van der Waals surface area contributed by atoms with E-state index in [9.17, 15) is 0 Å². The van der Waals surface area contributed by atoms with E-state index in [4.69, 9.17) is 10.5 Å². The SMILES string of the molecule is CC(C)CC1(CC(C)C)CC(N)c2ccc(Br)cc2O1. The van der Waals surface area contributed by atoms with Crippen LogP contribution in [0.2, 0.25) is 0 Å². The average Bonchev–Trinajstić information content (AvgIpc) is 2.25. The molecule has 1 aliphatic rings. The highest BCUT2D eigenvalue weighted by atomic mass is 79.9. The summed E-state index contributed by atoms with van der Waals surface area (Å²) in [5, 5.41) is 0. The zero-order valence-corrected chi connectivity index (χ0v) is 14.5. The topological polar surface area (TPSA) is 35.2 Å². The van der Waals surface area contributed by atoms with Crippen molar-refractivity contribution in [2.24, 2.45) is 17.6 Å². The average molecular weight is 340 g/mol. The van der Waals surface area contributed by atoms with E-state index in [-0.39, 0.29) is 11.6 Å². The van der Waals surface area contributed by atoms with Crippen molar-refractivity contribution >= 4 is 15.9 Å². The highest BCUT2D eigenvalue weighted by Crippen LogP contribution is 2.45. The molecule has 0 saturated carbocycles. The summed E-state index contributed by atoms with van der Waals surface area (Å²) in [5.41, 5.74) is 7.45.